The zero-order valence-electron chi connectivity index (χ0n) is 16.0. The molecule has 29 heavy (non-hydrogen) atoms. The number of H-pyrrole nitrogens is 1. The Balaban J connectivity index is 1.56. The van der Waals surface area contributed by atoms with E-state index in [1.54, 1.807) is 23.2 Å². The number of hydrogen-bond donors (Lipinski definition) is 1. The van der Waals surface area contributed by atoms with Gasteiger partial charge in [0, 0.05) is 19.3 Å². The van der Waals surface area contributed by atoms with Gasteiger partial charge in [-0.2, -0.15) is 0 Å². The Morgan fingerprint density at radius 2 is 1.90 bits per heavy atom. The van der Waals surface area contributed by atoms with Crippen molar-refractivity contribution >= 4 is 17.7 Å². The predicted molar refractivity (Wildman–Crippen MR) is 101 cm³/mol. The van der Waals surface area contributed by atoms with Gasteiger partial charge in [-0.1, -0.05) is 0 Å². The number of aromatic amines is 1. The van der Waals surface area contributed by atoms with E-state index in [1.807, 2.05) is 0 Å². The van der Waals surface area contributed by atoms with Crippen LogP contribution in [0.1, 0.15) is 20.8 Å². The van der Waals surface area contributed by atoms with Crippen LogP contribution in [0.4, 0.5) is 0 Å². The van der Waals surface area contributed by atoms with Crippen LogP contribution in [0, 0.1) is 0 Å². The van der Waals surface area contributed by atoms with E-state index >= 15 is 0 Å². The van der Waals surface area contributed by atoms with Crippen LogP contribution in [0.5, 0.6) is 11.5 Å². The molecule has 0 spiro atoms. The first-order chi connectivity index (χ1) is 14.1. The van der Waals surface area contributed by atoms with Crippen LogP contribution >= 0.6 is 0 Å². The summed E-state index contributed by atoms with van der Waals surface area (Å²) in [6.07, 6.45) is 1.61. The molecule has 1 N–H and O–H groups in total. The monoisotopic (exact) mass is 402 g/mol. The van der Waals surface area contributed by atoms with Crippen LogP contribution in [0.2, 0.25) is 0 Å². The van der Waals surface area contributed by atoms with Gasteiger partial charge in [-0.15, -0.1) is 0 Å². The van der Waals surface area contributed by atoms with Crippen LogP contribution in [0.3, 0.4) is 0 Å². The highest BCUT2D eigenvalue weighted by molar-refractivity contribution is 5.98. The minimum absolute atomic E-state index is 0.148. The zero-order chi connectivity index (χ0) is 20.6. The number of ether oxygens (including phenoxy) is 4. The lowest BCUT2D eigenvalue weighted by Crippen LogP contribution is -2.43. The smallest absolute Gasteiger partial charge is 0.338 e. The van der Waals surface area contributed by atoms with Crippen LogP contribution in [-0.4, -0.2) is 74.2 Å². The minimum atomic E-state index is -0.667. The Morgan fingerprint density at radius 3 is 2.59 bits per heavy atom. The van der Waals surface area contributed by atoms with Gasteiger partial charge in [0.15, 0.2) is 24.7 Å². The Kier molecular flexibility index (Phi) is 6.85. The number of nitrogens with zero attached hydrogens (tertiary/aromatic N) is 1. The van der Waals surface area contributed by atoms with E-state index in [4.69, 9.17) is 18.9 Å². The van der Waals surface area contributed by atoms with Crippen LogP contribution in [0.15, 0.2) is 36.5 Å². The molecular formula is C20H22N2O7. The van der Waals surface area contributed by atoms with Crippen molar-refractivity contribution in [2.24, 2.45) is 0 Å². The van der Waals surface area contributed by atoms with Gasteiger partial charge in [-0.05, 0) is 30.3 Å². The number of morpholine rings is 1. The number of aromatic nitrogens is 1. The first kappa shape index (κ1) is 20.4. The summed E-state index contributed by atoms with van der Waals surface area (Å²) >= 11 is 0. The summed E-state index contributed by atoms with van der Waals surface area (Å²) in [5, 5.41) is 0. The summed E-state index contributed by atoms with van der Waals surface area (Å²) in [5.41, 5.74) is 0.567. The second-order valence-corrected chi connectivity index (χ2v) is 6.23. The van der Waals surface area contributed by atoms with Gasteiger partial charge < -0.3 is 28.8 Å². The average Bonchev–Trinajstić information content (AvgIpc) is 3.31. The van der Waals surface area contributed by atoms with Gasteiger partial charge in [-0.25, -0.2) is 4.79 Å². The van der Waals surface area contributed by atoms with E-state index in [1.165, 1.54) is 25.3 Å². The summed E-state index contributed by atoms with van der Waals surface area (Å²) < 4.78 is 21.1. The van der Waals surface area contributed by atoms with E-state index in [0.29, 0.717) is 37.7 Å². The SMILES string of the molecule is COc1cc(C(=O)OCC(=O)c2ccc[nH]2)ccc1OCC(=O)N1CCOCC1. The number of esters is 1. The van der Waals surface area contributed by atoms with Gasteiger partial charge in [0.1, 0.15) is 0 Å². The largest absolute Gasteiger partial charge is 0.493 e. The number of nitrogens with one attached hydrogen (secondary N) is 1. The normalized spacial score (nSPS) is 13.6. The molecule has 1 aromatic carbocycles. The summed E-state index contributed by atoms with van der Waals surface area (Å²) in [7, 11) is 1.43. The highest BCUT2D eigenvalue weighted by Crippen LogP contribution is 2.28. The standard InChI is InChI=1S/C20H22N2O7/c1-26-18-11-14(20(25)29-12-16(23)15-3-2-6-21-15)4-5-17(18)28-13-19(24)22-7-9-27-10-8-22/h2-6,11,21H,7-10,12-13H2,1H3. The first-order valence-corrected chi connectivity index (χ1v) is 9.08. The molecule has 9 nitrogen and oxygen atoms in total. The molecule has 2 heterocycles. The molecule has 1 aliphatic heterocycles. The van der Waals surface area contributed by atoms with Gasteiger partial charge in [0.05, 0.1) is 31.6 Å². The lowest BCUT2D eigenvalue weighted by molar-refractivity contribution is -0.137. The van der Waals surface area contributed by atoms with Crippen molar-refractivity contribution in [3.8, 4) is 11.5 Å². The number of ketones is 1. The minimum Gasteiger partial charge on any atom is -0.493 e. The van der Waals surface area contributed by atoms with Crippen LogP contribution < -0.4 is 9.47 Å². The maximum atomic E-state index is 12.2. The highest BCUT2D eigenvalue weighted by atomic mass is 16.5. The molecule has 0 bridgehead atoms. The Labute approximate surface area is 167 Å². The van der Waals surface area contributed by atoms with Crippen molar-refractivity contribution in [1.29, 1.82) is 0 Å². The molecular weight excluding hydrogens is 380 g/mol. The molecule has 1 aliphatic rings. The maximum Gasteiger partial charge on any atom is 0.338 e. The molecule has 3 rings (SSSR count). The number of rotatable bonds is 8. The van der Waals surface area contributed by atoms with Crippen molar-refractivity contribution in [2.75, 3.05) is 46.6 Å². The zero-order valence-corrected chi connectivity index (χ0v) is 16.0. The molecule has 2 aromatic rings. The molecule has 0 atom stereocenters. The summed E-state index contributed by atoms with van der Waals surface area (Å²) in [6, 6.07) is 7.73. The third-order valence-electron chi connectivity index (χ3n) is 4.35. The molecule has 0 unspecified atom stereocenters. The van der Waals surface area contributed by atoms with Gasteiger partial charge >= 0.3 is 5.97 Å². The Hall–Kier alpha value is -3.33. The number of Topliss-reactive ketones (excluding diaryl/α,β-unsaturated/α-hetero) is 1. The van der Waals surface area contributed by atoms with Gasteiger partial charge in [0.2, 0.25) is 5.78 Å². The molecule has 0 aliphatic carbocycles. The fraction of sp³-hybridized carbons (Fsp3) is 0.350. The number of benzene rings is 1. The van der Waals surface area contributed by atoms with E-state index in [-0.39, 0.29) is 36.2 Å². The van der Waals surface area contributed by atoms with Crippen molar-refractivity contribution < 1.29 is 33.3 Å². The van der Waals surface area contributed by atoms with Crippen LogP contribution in [-0.2, 0) is 14.3 Å². The van der Waals surface area contributed by atoms with E-state index in [0.717, 1.165) is 0 Å². The van der Waals surface area contributed by atoms with E-state index < -0.39 is 5.97 Å². The van der Waals surface area contributed by atoms with Crippen molar-refractivity contribution in [3.05, 3.63) is 47.8 Å². The van der Waals surface area contributed by atoms with E-state index in [9.17, 15) is 14.4 Å². The second kappa shape index (κ2) is 9.74. The summed E-state index contributed by atoms with van der Waals surface area (Å²) in [6.45, 7) is 1.56. The highest BCUT2D eigenvalue weighted by Gasteiger charge is 2.19. The number of amides is 1. The first-order valence-electron chi connectivity index (χ1n) is 9.08. The summed E-state index contributed by atoms with van der Waals surface area (Å²) in [5.74, 6) is -0.546. The number of carbonyl (C=O) groups is 3. The van der Waals surface area contributed by atoms with Gasteiger partial charge in [0.25, 0.3) is 5.91 Å². The lowest BCUT2D eigenvalue weighted by Gasteiger charge is -2.26. The molecule has 0 saturated carbocycles. The Morgan fingerprint density at radius 1 is 1.10 bits per heavy atom. The third-order valence-corrected chi connectivity index (χ3v) is 4.35. The molecule has 0 radical (unpaired) electrons. The third kappa shape index (κ3) is 5.35. The second-order valence-electron chi connectivity index (χ2n) is 6.23. The fourth-order valence-electron chi connectivity index (χ4n) is 2.75. The number of carbonyl (C=O) groups excluding carboxylic acids is 3. The molecule has 1 aromatic heterocycles. The quantitative estimate of drug-likeness (QED) is 0.524. The Bertz CT molecular complexity index is 858. The maximum absolute atomic E-state index is 12.2. The number of methoxy groups -OCH3 is 1. The van der Waals surface area contributed by atoms with Crippen molar-refractivity contribution in [2.45, 2.75) is 0 Å². The molecule has 1 saturated heterocycles. The molecule has 154 valence electrons. The van der Waals surface area contributed by atoms with E-state index in [2.05, 4.69) is 4.98 Å². The average molecular weight is 402 g/mol. The molecule has 1 amide bonds. The van der Waals surface area contributed by atoms with Gasteiger partial charge in [-0.3, -0.25) is 9.59 Å². The number of hydrogen-bond acceptors (Lipinski definition) is 7. The van der Waals surface area contributed by atoms with Crippen LogP contribution in [0.25, 0.3) is 0 Å². The van der Waals surface area contributed by atoms with Crippen molar-refractivity contribution in [3.63, 3.8) is 0 Å². The molecule has 9 heteroatoms. The molecule has 1 fully saturated rings. The predicted octanol–water partition coefficient (Wildman–Crippen LogP) is 1.30. The fourth-order valence-corrected chi connectivity index (χ4v) is 2.75. The lowest BCUT2D eigenvalue weighted by atomic mass is 10.2. The topological polar surface area (TPSA) is 107 Å². The van der Waals surface area contributed by atoms with Crippen molar-refractivity contribution in [1.82, 2.24) is 9.88 Å². The summed E-state index contributed by atoms with van der Waals surface area (Å²) in [4.78, 5) is 40.7.